The topological polar surface area (TPSA) is 21.3 Å². The molecule has 106 valence electrons. The molecule has 0 bridgehead atoms. The molecule has 0 radical (unpaired) electrons. The van der Waals surface area contributed by atoms with Crippen LogP contribution in [-0.2, 0) is 4.74 Å². The minimum atomic E-state index is 0.0398. The van der Waals surface area contributed by atoms with Crippen LogP contribution in [0.2, 0.25) is 0 Å². The number of likely N-dealkylation sites (N-methyl/N-ethyl adjacent to an activating group) is 1. The fourth-order valence-electron chi connectivity index (χ4n) is 3.19. The van der Waals surface area contributed by atoms with Crippen molar-refractivity contribution in [3.63, 3.8) is 0 Å². The van der Waals surface area contributed by atoms with Gasteiger partial charge in [-0.3, -0.25) is 0 Å². The Morgan fingerprint density at radius 3 is 2.28 bits per heavy atom. The van der Waals surface area contributed by atoms with Crippen molar-refractivity contribution in [3.05, 3.63) is 12.2 Å². The maximum Gasteiger partial charge on any atom is 0.0837 e. The zero-order valence-electron chi connectivity index (χ0n) is 12.6. The molecule has 0 heterocycles. The lowest BCUT2D eigenvalue weighted by molar-refractivity contribution is -0.0753. The molecule has 1 N–H and O–H groups in total. The van der Waals surface area contributed by atoms with Crippen molar-refractivity contribution in [2.24, 2.45) is 0 Å². The summed E-state index contributed by atoms with van der Waals surface area (Å²) in [6, 6.07) is 0.419. The van der Waals surface area contributed by atoms with Gasteiger partial charge >= 0.3 is 0 Å². The summed E-state index contributed by atoms with van der Waals surface area (Å²) >= 11 is 0. The molecule has 1 saturated carbocycles. The Morgan fingerprint density at radius 1 is 1.22 bits per heavy atom. The smallest absolute Gasteiger partial charge is 0.0837 e. The number of rotatable bonds is 7. The zero-order chi connectivity index (χ0) is 13.4. The quantitative estimate of drug-likeness (QED) is 0.546. The van der Waals surface area contributed by atoms with Gasteiger partial charge in [0.25, 0.3) is 0 Å². The van der Waals surface area contributed by atoms with E-state index < -0.39 is 0 Å². The standard InChI is InChI=1S/C16H31NO/c1-5-14(3)13-15(17-4)16(18-6-2)11-9-7-8-10-12-16/h15,17H,3,5-13H2,1-2,4H3. The number of hydrogen-bond acceptors (Lipinski definition) is 2. The van der Waals surface area contributed by atoms with E-state index in [9.17, 15) is 0 Å². The highest BCUT2D eigenvalue weighted by atomic mass is 16.5. The van der Waals surface area contributed by atoms with Crippen molar-refractivity contribution in [1.29, 1.82) is 0 Å². The largest absolute Gasteiger partial charge is 0.374 e. The van der Waals surface area contributed by atoms with Gasteiger partial charge in [0.1, 0.15) is 0 Å². The summed E-state index contributed by atoms with van der Waals surface area (Å²) in [5, 5.41) is 3.50. The first-order chi connectivity index (χ1) is 8.68. The van der Waals surface area contributed by atoms with E-state index in [1.807, 2.05) is 0 Å². The molecule has 2 heteroatoms. The summed E-state index contributed by atoms with van der Waals surface area (Å²) in [5.41, 5.74) is 1.37. The van der Waals surface area contributed by atoms with Gasteiger partial charge in [-0.1, -0.05) is 44.8 Å². The van der Waals surface area contributed by atoms with Crippen molar-refractivity contribution in [1.82, 2.24) is 5.32 Å². The Bertz CT molecular complexity index is 241. The van der Waals surface area contributed by atoms with Gasteiger partial charge in [-0.2, -0.15) is 0 Å². The normalized spacial score (nSPS) is 21.3. The van der Waals surface area contributed by atoms with Crippen LogP contribution in [0.3, 0.4) is 0 Å². The van der Waals surface area contributed by atoms with Gasteiger partial charge in [-0.15, -0.1) is 0 Å². The second-order valence-electron chi connectivity index (χ2n) is 5.56. The van der Waals surface area contributed by atoms with E-state index in [4.69, 9.17) is 4.74 Å². The molecule has 18 heavy (non-hydrogen) atoms. The van der Waals surface area contributed by atoms with Crippen LogP contribution in [0.1, 0.15) is 65.2 Å². The van der Waals surface area contributed by atoms with Gasteiger partial charge in [-0.05, 0) is 39.7 Å². The van der Waals surface area contributed by atoms with E-state index in [1.165, 1.54) is 44.1 Å². The molecule has 0 aromatic carbocycles. The van der Waals surface area contributed by atoms with Crippen molar-refractivity contribution >= 4 is 0 Å². The van der Waals surface area contributed by atoms with Gasteiger partial charge in [0, 0.05) is 12.6 Å². The molecular weight excluding hydrogens is 222 g/mol. The van der Waals surface area contributed by atoms with Gasteiger partial charge in [0.05, 0.1) is 5.60 Å². The molecule has 0 amide bonds. The third-order valence-electron chi connectivity index (χ3n) is 4.36. The van der Waals surface area contributed by atoms with Crippen LogP contribution in [0.5, 0.6) is 0 Å². The summed E-state index contributed by atoms with van der Waals surface area (Å²) in [5.74, 6) is 0. The van der Waals surface area contributed by atoms with Crippen LogP contribution in [0.4, 0.5) is 0 Å². The highest BCUT2D eigenvalue weighted by Crippen LogP contribution is 2.35. The third kappa shape index (κ3) is 4.10. The number of ether oxygens (including phenoxy) is 1. The molecular formula is C16H31NO. The average molecular weight is 253 g/mol. The van der Waals surface area contributed by atoms with Gasteiger partial charge < -0.3 is 10.1 Å². The van der Waals surface area contributed by atoms with E-state index in [1.54, 1.807) is 0 Å². The van der Waals surface area contributed by atoms with Gasteiger partial charge in [-0.25, -0.2) is 0 Å². The lowest BCUT2D eigenvalue weighted by Gasteiger charge is -2.40. The first-order valence-corrected chi connectivity index (χ1v) is 7.66. The Hall–Kier alpha value is -0.340. The van der Waals surface area contributed by atoms with Crippen LogP contribution in [-0.4, -0.2) is 25.3 Å². The van der Waals surface area contributed by atoms with Crippen molar-refractivity contribution in [3.8, 4) is 0 Å². The molecule has 1 atom stereocenters. The first kappa shape index (κ1) is 15.7. The highest BCUT2D eigenvalue weighted by molar-refractivity contribution is 5.04. The van der Waals surface area contributed by atoms with Crippen molar-refractivity contribution in [2.45, 2.75) is 76.9 Å². The predicted molar refractivity (Wildman–Crippen MR) is 79.0 cm³/mol. The maximum atomic E-state index is 6.25. The van der Waals surface area contributed by atoms with E-state index >= 15 is 0 Å². The summed E-state index contributed by atoms with van der Waals surface area (Å²) in [7, 11) is 2.07. The molecule has 0 spiro atoms. The Kier molecular flexibility index (Phi) is 6.95. The lowest BCUT2D eigenvalue weighted by atomic mass is 9.82. The molecule has 1 aliphatic rings. The molecule has 0 aromatic rings. The predicted octanol–water partition coefficient (Wildman–Crippen LogP) is 4.06. The lowest BCUT2D eigenvalue weighted by Crippen LogP contribution is -2.51. The van der Waals surface area contributed by atoms with E-state index in [-0.39, 0.29) is 5.60 Å². The SMILES string of the molecule is C=C(CC)CC(NC)C1(OCC)CCCCCC1. The highest BCUT2D eigenvalue weighted by Gasteiger charge is 2.38. The van der Waals surface area contributed by atoms with Crippen LogP contribution in [0.15, 0.2) is 12.2 Å². The molecule has 0 aromatic heterocycles. The Labute approximate surface area is 113 Å². The molecule has 0 saturated heterocycles. The second kappa shape index (κ2) is 7.96. The average Bonchev–Trinajstić information content (AvgIpc) is 2.62. The minimum Gasteiger partial charge on any atom is -0.374 e. The Morgan fingerprint density at radius 2 is 1.83 bits per heavy atom. The zero-order valence-corrected chi connectivity index (χ0v) is 12.6. The molecule has 1 fully saturated rings. The summed E-state index contributed by atoms with van der Waals surface area (Å²) in [6.45, 7) is 9.30. The minimum absolute atomic E-state index is 0.0398. The summed E-state index contributed by atoms with van der Waals surface area (Å²) < 4.78 is 6.25. The number of hydrogen-bond donors (Lipinski definition) is 1. The summed E-state index contributed by atoms with van der Waals surface area (Å²) in [6.07, 6.45) is 9.84. The number of nitrogens with one attached hydrogen (secondary N) is 1. The van der Waals surface area contributed by atoms with E-state index in [0.29, 0.717) is 6.04 Å². The van der Waals surface area contributed by atoms with Crippen LogP contribution in [0, 0.1) is 0 Å². The molecule has 1 rings (SSSR count). The fourth-order valence-corrected chi connectivity index (χ4v) is 3.19. The molecule has 2 nitrogen and oxygen atoms in total. The first-order valence-electron chi connectivity index (χ1n) is 7.66. The van der Waals surface area contributed by atoms with Crippen molar-refractivity contribution in [2.75, 3.05) is 13.7 Å². The molecule has 0 aliphatic heterocycles. The van der Waals surface area contributed by atoms with Gasteiger partial charge in [0.15, 0.2) is 0 Å². The molecule has 1 unspecified atom stereocenters. The van der Waals surface area contributed by atoms with Crippen LogP contribution < -0.4 is 5.32 Å². The van der Waals surface area contributed by atoms with Crippen LogP contribution >= 0.6 is 0 Å². The van der Waals surface area contributed by atoms with Crippen molar-refractivity contribution < 1.29 is 4.74 Å². The second-order valence-corrected chi connectivity index (χ2v) is 5.56. The summed E-state index contributed by atoms with van der Waals surface area (Å²) in [4.78, 5) is 0. The monoisotopic (exact) mass is 253 g/mol. The molecule has 1 aliphatic carbocycles. The fraction of sp³-hybridized carbons (Fsp3) is 0.875. The third-order valence-corrected chi connectivity index (χ3v) is 4.36. The van der Waals surface area contributed by atoms with E-state index in [0.717, 1.165) is 19.4 Å². The van der Waals surface area contributed by atoms with E-state index in [2.05, 4.69) is 32.8 Å². The van der Waals surface area contributed by atoms with Crippen LogP contribution in [0.25, 0.3) is 0 Å². The maximum absolute atomic E-state index is 6.25. The van der Waals surface area contributed by atoms with Gasteiger partial charge in [0.2, 0.25) is 0 Å². The Balaban J connectivity index is 2.80.